The van der Waals surface area contributed by atoms with Crippen LogP contribution in [-0.4, -0.2) is 95.6 Å². The number of halogens is 4. The minimum Gasteiger partial charge on any atom is -0.476 e. The molecule has 12 nitrogen and oxygen atoms in total. The molecule has 3 unspecified atom stereocenters. The van der Waals surface area contributed by atoms with Gasteiger partial charge in [0.15, 0.2) is 5.82 Å². The van der Waals surface area contributed by atoms with Gasteiger partial charge in [0.05, 0.1) is 35.9 Å². The van der Waals surface area contributed by atoms with Crippen molar-refractivity contribution in [2.75, 3.05) is 38.7 Å². The van der Waals surface area contributed by atoms with Gasteiger partial charge in [0, 0.05) is 41.4 Å². The predicted molar refractivity (Wildman–Crippen MR) is 214 cm³/mol. The highest BCUT2D eigenvalue weighted by molar-refractivity contribution is 6.04. The highest BCUT2D eigenvalue weighted by Gasteiger charge is 2.54. The van der Waals surface area contributed by atoms with E-state index >= 15 is 4.39 Å². The van der Waals surface area contributed by atoms with E-state index in [1.165, 1.54) is 4.90 Å². The summed E-state index contributed by atoms with van der Waals surface area (Å²) in [6.45, 7) is 5.89. The number of pyridine rings is 1. The summed E-state index contributed by atoms with van der Waals surface area (Å²) in [7, 11) is 1.96. The summed E-state index contributed by atoms with van der Waals surface area (Å²) >= 11 is 0. The summed E-state index contributed by atoms with van der Waals surface area (Å²) in [5.41, 5.74) is 0.797. The molecule has 4 aliphatic rings. The van der Waals surface area contributed by atoms with Crippen molar-refractivity contribution < 1.29 is 51.3 Å². The number of aryl methyl sites for hydroxylation is 1. The smallest absolute Gasteiger partial charge is 0.476 e. The van der Waals surface area contributed by atoms with Crippen LogP contribution in [0.25, 0.3) is 32.8 Å². The summed E-state index contributed by atoms with van der Waals surface area (Å²) < 4.78 is 73.8. The van der Waals surface area contributed by atoms with Crippen molar-refractivity contribution in [2.24, 2.45) is 11.3 Å². The number of amides is 1. The quantitative estimate of drug-likeness (QED) is 0.0579. The summed E-state index contributed by atoms with van der Waals surface area (Å²) in [5.74, 6) is -3.41. The number of likely N-dealkylation sites (N-methyl/N-ethyl adjacent to an activating group) is 1. The number of nitrogens with one attached hydrogen (secondary N) is 1. The fourth-order valence-corrected chi connectivity index (χ4v) is 8.52. The fourth-order valence-electron chi connectivity index (χ4n) is 8.52. The Labute approximate surface area is 344 Å². The molecule has 1 aliphatic carbocycles. The fraction of sp³-hybridized carbons (Fsp3) is 0.477. The highest BCUT2D eigenvalue weighted by Crippen LogP contribution is 2.47. The number of hydrogen-bond acceptors (Lipinski definition) is 10. The van der Waals surface area contributed by atoms with E-state index < -0.39 is 42.0 Å². The van der Waals surface area contributed by atoms with Gasteiger partial charge in [0.25, 0.3) is 0 Å². The SMILES string of the molecule is CN1CCC[C@H]1COc1nc2c(F)c(-c3cc(OC(=O)C(C)(C)C)cc4ccccc34)c(CCC#N)cc2c(NC2C3CC2N(C(=O)O)C3)c1CCCOC(=O)C(F)(F)F. The number of likely N-dealkylation sites (tertiary alicyclic amines) is 1. The Balaban J connectivity index is 1.43. The molecule has 3 saturated heterocycles. The first-order valence-corrected chi connectivity index (χ1v) is 20.1. The van der Waals surface area contributed by atoms with Gasteiger partial charge in [-0.2, -0.15) is 18.4 Å². The van der Waals surface area contributed by atoms with Gasteiger partial charge >= 0.3 is 24.2 Å². The molecule has 8 rings (SSSR count). The van der Waals surface area contributed by atoms with Crippen LogP contribution in [0.5, 0.6) is 11.6 Å². The maximum Gasteiger partial charge on any atom is 0.490 e. The number of alkyl halides is 3. The van der Waals surface area contributed by atoms with Crippen LogP contribution in [0.15, 0.2) is 42.5 Å². The number of hydrogen-bond donors (Lipinski definition) is 2. The Morgan fingerprint density at radius 2 is 1.83 bits per heavy atom. The van der Waals surface area contributed by atoms with E-state index in [1.54, 1.807) is 45.0 Å². The average molecular weight is 834 g/mol. The first kappa shape index (κ1) is 42.4. The van der Waals surface area contributed by atoms with Gasteiger partial charge in [-0.3, -0.25) is 4.79 Å². The molecule has 1 saturated carbocycles. The topological polar surface area (TPSA) is 154 Å². The molecule has 2 N–H and O–H groups in total. The van der Waals surface area contributed by atoms with Gasteiger partial charge in [-0.1, -0.05) is 24.3 Å². The highest BCUT2D eigenvalue weighted by atomic mass is 19.4. The van der Waals surface area contributed by atoms with Crippen molar-refractivity contribution in [2.45, 2.75) is 90.0 Å². The van der Waals surface area contributed by atoms with Crippen LogP contribution in [0.3, 0.4) is 0 Å². The summed E-state index contributed by atoms with van der Waals surface area (Å²) in [6.07, 6.45) is -3.82. The van der Waals surface area contributed by atoms with Crippen molar-refractivity contribution in [3.63, 3.8) is 0 Å². The number of carbonyl (C=O) groups excluding carboxylic acids is 2. The number of fused-ring (bicyclic) bond motifs is 3. The molecule has 318 valence electrons. The first-order chi connectivity index (χ1) is 28.5. The third-order valence-electron chi connectivity index (χ3n) is 11.8. The number of nitriles is 1. The molecule has 4 atom stereocenters. The van der Waals surface area contributed by atoms with Gasteiger partial charge in [0.1, 0.15) is 17.9 Å². The molecule has 4 aromatic rings. The molecule has 0 radical (unpaired) electrons. The molecule has 60 heavy (non-hydrogen) atoms. The third-order valence-corrected chi connectivity index (χ3v) is 11.8. The van der Waals surface area contributed by atoms with Crippen LogP contribution in [-0.2, 0) is 27.2 Å². The van der Waals surface area contributed by atoms with Crippen LogP contribution in [0.4, 0.5) is 28.0 Å². The van der Waals surface area contributed by atoms with Gasteiger partial charge in [-0.05, 0) is 113 Å². The number of esters is 2. The minimum atomic E-state index is -5.17. The standard InChI is InChI=1S/C44H47F4N5O7/c1-43(2,3)40(54)60-28-18-24-10-5-6-13-29(24)31(21-28)34-25(11-7-15-49)19-32-37(50-36-26-20-33(36)53(22-26)42(56)57)30(14-9-17-58-41(55)44(46,47)48)39(51-38(32)35(34)45)59-23-27-12-8-16-52(27)4/h5-6,10,13,18-19,21,26-27,33,36H,7-9,11-12,14,16-17,20,22-23H2,1-4H3,(H,50,51)(H,56,57)/t26?,27-,33?,36?/m0/s1. The van der Waals surface area contributed by atoms with E-state index in [0.29, 0.717) is 45.0 Å². The Hall–Kier alpha value is -5.69. The van der Waals surface area contributed by atoms with Crippen molar-refractivity contribution >= 4 is 45.4 Å². The largest absolute Gasteiger partial charge is 0.490 e. The number of aromatic nitrogens is 1. The van der Waals surface area contributed by atoms with Gasteiger partial charge in [-0.25, -0.2) is 19.0 Å². The molecule has 3 aliphatic heterocycles. The molecular weight excluding hydrogens is 787 g/mol. The van der Waals surface area contributed by atoms with Crippen LogP contribution in [0, 0.1) is 28.5 Å². The van der Waals surface area contributed by atoms with E-state index in [-0.39, 0.29) is 85.6 Å². The Morgan fingerprint density at radius 1 is 1.07 bits per heavy atom. The second-order valence-electron chi connectivity index (χ2n) is 16.9. The average Bonchev–Trinajstić information content (AvgIpc) is 3.92. The number of benzene rings is 3. The van der Waals surface area contributed by atoms with E-state index in [2.05, 4.69) is 21.0 Å². The van der Waals surface area contributed by atoms with E-state index in [1.807, 2.05) is 25.2 Å². The first-order valence-electron chi connectivity index (χ1n) is 20.1. The lowest BCUT2D eigenvalue weighted by Gasteiger charge is -2.38. The molecule has 2 bridgehead atoms. The molecule has 0 spiro atoms. The lowest BCUT2D eigenvalue weighted by Crippen LogP contribution is -2.49. The number of anilines is 1. The number of carboxylic acid groups (broad SMARTS) is 1. The Bertz CT molecular complexity index is 2380. The van der Waals surface area contributed by atoms with Crippen LogP contribution in [0.1, 0.15) is 64.0 Å². The zero-order valence-corrected chi connectivity index (χ0v) is 33.8. The van der Waals surface area contributed by atoms with Gasteiger partial charge in [0.2, 0.25) is 5.88 Å². The molecule has 1 aromatic heterocycles. The van der Waals surface area contributed by atoms with Crippen molar-refractivity contribution in [1.29, 1.82) is 5.26 Å². The van der Waals surface area contributed by atoms with Gasteiger partial charge < -0.3 is 34.4 Å². The Morgan fingerprint density at radius 3 is 2.50 bits per heavy atom. The van der Waals surface area contributed by atoms with Crippen LogP contribution >= 0.6 is 0 Å². The maximum absolute atomic E-state index is 17.9. The molecule has 3 aromatic carbocycles. The second kappa shape index (κ2) is 16.8. The van der Waals surface area contributed by atoms with Crippen LogP contribution < -0.4 is 14.8 Å². The molecule has 1 amide bonds. The molecular formula is C44H47F4N5O7. The van der Waals surface area contributed by atoms with Crippen molar-refractivity contribution in [3.05, 3.63) is 59.4 Å². The van der Waals surface area contributed by atoms with E-state index in [4.69, 9.17) is 14.5 Å². The summed E-state index contributed by atoms with van der Waals surface area (Å²) in [6, 6.07) is 13.7. The van der Waals surface area contributed by atoms with Crippen molar-refractivity contribution in [3.8, 4) is 28.8 Å². The monoisotopic (exact) mass is 833 g/mol. The number of carbonyl (C=O) groups is 3. The lowest BCUT2D eigenvalue weighted by atomic mass is 9.79. The summed E-state index contributed by atoms with van der Waals surface area (Å²) in [5, 5.41) is 24.8. The normalized spacial score (nSPS) is 20.2. The van der Waals surface area contributed by atoms with E-state index in [9.17, 15) is 37.9 Å². The van der Waals surface area contributed by atoms with Crippen LogP contribution in [0.2, 0.25) is 0 Å². The molecule has 16 heteroatoms. The number of rotatable bonds is 13. The number of ether oxygens (including phenoxy) is 3. The second-order valence-corrected chi connectivity index (χ2v) is 16.9. The summed E-state index contributed by atoms with van der Waals surface area (Å²) in [4.78, 5) is 45.1. The number of nitrogens with zero attached hydrogens (tertiary/aromatic N) is 4. The maximum atomic E-state index is 17.9. The van der Waals surface area contributed by atoms with E-state index in [0.717, 1.165) is 19.4 Å². The van der Waals surface area contributed by atoms with Gasteiger partial charge in [-0.15, -0.1) is 0 Å². The van der Waals surface area contributed by atoms with Crippen molar-refractivity contribution in [1.82, 2.24) is 14.8 Å². The molecule has 4 heterocycles. The minimum absolute atomic E-state index is 0.000323. The molecule has 4 fully saturated rings. The lowest BCUT2D eigenvalue weighted by molar-refractivity contribution is -0.199. The zero-order chi connectivity index (χ0) is 43.1. The Kier molecular flexibility index (Phi) is 11.8. The predicted octanol–water partition coefficient (Wildman–Crippen LogP) is 8.28. The zero-order valence-electron chi connectivity index (χ0n) is 33.8. The third kappa shape index (κ3) is 8.50.